The number of carbonyl (C=O) groups excluding carboxylic acids is 2. The highest BCUT2D eigenvalue weighted by Crippen LogP contribution is 2.18. The van der Waals surface area contributed by atoms with Crippen molar-refractivity contribution in [3.63, 3.8) is 0 Å². The molecule has 0 aliphatic heterocycles. The number of rotatable bonds is 6. The van der Waals surface area contributed by atoms with E-state index >= 15 is 0 Å². The maximum atomic E-state index is 12.9. The minimum absolute atomic E-state index is 0.128. The van der Waals surface area contributed by atoms with Crippen LogP contribution in [0.2, 0.25) is 0 Å². The SMILES string of the molecule is CC(C)OC(=O)CCNC(=O)N(C)C(C)c1ccc(F)cc1. The van der Waals surface area contributed by atoms with Crippen LogP contribution in [0.4, 0.5) is 9.18 Å². The van der Waals surface area contributed by atoms with Gasteiger partial charge in [-0.15, -0.1) is 0 Å². The van der Waals surface area contributed by atoms with Crippen LogP contribution in [0.5, 0.6) is 0 Å². The van der Waals surface area contributed by atoms with Crippen molar-refractivity contribution in [1.29, 1.82) is 0 Å². The lowest BCUT2D eigenvalue weighted by atomic mass is 10.1. The van der Waals surface area contributed by atoms with Crippen molar-refractivity contribution in [2.75, 3.05) is 13.6 Å². The molecule has 1 atom stereocenters. The minimum Gasteiger partial charge on any atom is -0.463 e. The first-order valence-electron chi connectivity index (χ1n) is 7.27. The largest absolute Gasteiger partial charge is 0.463 e. The van der Waals surface area contributed by atoms with Crippen molar-refractivity contribution in [3.8, 4) is 0 Å². The number of hydrogen-bond donors (Lipinski definition) is 1. The Labute approximate surface area is 130 Å². The molecule has 0 spiro atoms. The van der Waals surface area contributed by atoms with Crippen molar-refractivity contribution in [2.45, 2.75) is 39.3 Å². The van der Waals surface area contributed by atoms with Crippen LogP contribution in [-0.2, 0) is 9.53 Å². The molecule has 5 nitrogen and oxygen atoms in total. The quantitative estimate of drug-likeness (QED) is 0.822. The van der Waals surface area contributed by atoms with Gasteiger partial charge in [-0.05, 0) is 38.5 Å². The third-order valence-electron chi connectivity index (χ3n) is 3.23. The average molecular weight is 310 g/mol. The van der Waals surface area contributed by atoms with Gasteiger partial charge in [-0.3, -0.25) is 4.79 Å². The van der Waals surface area contributed by atoms with E-state index in [0.29, 0.717) is 0 Å². The molecule has 0 saturated heterocycles. The fraction of sp³-hybridized carbons (Fsp3) is 0.500. The maximum Gasteiger partial charge on any atom is 0.317 e. The van der Waals surface area contributed by atoms with Crippen LogP contribution in [0.1, 0.15) is 38.8 Å². The molecular weight excluding hydrogens is 287 g/mol. The highest BCUT2D eigenvalue weighted by Gasteiger charge is 2.17. The van der Waals surface area contributed by atoms with E-state index in [1.54, 1.807) is 33.0 Å². The van der Waals surface area contributed by atoms with Gasteiger partial charge in [0.15, 0.2) is 0 Å². The van der Waals surface area contributed by atoms with Crippen LogP contribution < -0.4 is 5.32 Å². The fourth-order valence-corrected chi connectivity index (χ4v) is 1.86. The summed E-state index contributed by atoms with van der Waals surface area (Å²) in [4.78, 5) is 24.9. The van der Waals surface area contributed by atoms with Crippen molar-refractivity contribution in [2.24, 2.45) is 0 Å². The number of hydrogen-bond acceptors (Lipinski definition) is 3. The number of benzene rings is 1. The average Bonchev–Trinajstić information content (AvgIpc) is 2.45. The molecule has 122 valence electrons. The first-order valence-corrected chi connectivity index (χ1v) is 7.27. The minimum atomic E-state index is -0.343. The van der Waals surface area contributed by atoms with Gasteiger partial charge in [0, 0.05) is 13.6 Å². The van der Waals surface area contributed by atoms with Gasteiger partial charge < -0.3 is 15.0 Å². The Morgan fingerprint density at radius 2 is 1.82 bits per heavy atom. The van der Waals surface area contributed by atoms with E-state index < -0.39 is 0 Å². The van der Waals surface area contributed by atoms with Crippen molar-refractivity contribution in [3.05, 3.63) is 35.6 Å². The third-order valence-corrected chi connectivity index (χ3v) is 3.23. The molecule has 1 aromatic rings. The second kappa shape index (κ2) is 8.36. The van der Waals surface area contributed by atoms with Crippen LogP contribution in [0.25, 0.3) is 0 Å². The summed E-state index contributed by atoms with van der Waals surface area (Å²) in [6, 6.07) is 5.50. The molecule has 6 heteroatoms. The molecule has 1 rings (SSSR count). The van der Waals surface area contributed by atoms with E-state index in [-0.39, 0.29) is 42.9 Å². The molecule has 0 saturated carbocycles. The maximum absolute atomic E-state index is 12.9. The number of urea groups is 1. The molecule has 1 N–H and O–H groups in total. The van der Waals surface area contributed by atoms with Gasteiger partial charge in [-0.2, -0.15) is 0 Å². The van der Waals surface area contributed by atoms with Crippen LogP contribution in [0, 0.1) is 5.82 Å². The Morgan fingerprint density at radius 3 is 2.36 bits per heavy atom. The zero-order valence-corrected chi connectivity index (χ0v) is 13.4. The lowest BCUT2D eigenvalue weighted by molar-refractivity contribution is -0.147. The van der Waals surface area contributed by atoms with Gasteiger partial charge in [-0.1, -0.05) is 12.1 Å². The van der Waals surface area contributed by atoms with E-state index in [9.17, 15) is 14.0 Å². The highest BCUT2D eigenvalue weighted by molar-refractivity contribution is 5.75. The monoisotopic (exact) mass is 310 g/mol. The summed E-state index contributed by atoms with van der Waals surface area (Å²) in [7, 11) is 1.65. The van der Waals surface area contributed by atoms with Crippen molar-refractivity contribution < 1.29 is 18.7 Å². The molecule has 0 aliphatic carbocycles. The van der Waals surface area contributed by atoms with Crippen molar-refractivity contribution in [1.82, 2.24) is 10.2 Å². The van der Waals surface area contributed by atoms with E-state index in [0.717, 1.165) is 5.56 Å². The molecule has 0 radical (unpaired) electrons. The summed E-state index contributed by atoms with van der Waals surface area (Å²) in [5.41, 5.74) is 0.832. The smallest absolute Gasteiger partial charge is 0.317 e. The van der Waals surface area contributed by atoms with Gasteiger partial charge in [0.05, 0.1) is 18.6 Å². The van der Waals surface area contributed by atoms with Crippen LogP contribution in [-0.4, -0.2) is 36.6 Å². The zero-order valence-electron chi connectivity index (χ0n) is 13.4. The molecule has 1 unspecified atom stereocenters. The molecule has 0 aromatic heterocycles. The Kier molecular flexibility index (Phi) is 6.82. The molecule has 0 fully saturated rings. The van der Waals surface area contributed by atoms with Crippen LogP contribution in [0.3, 0.4) is 0 Å². The molecule has 0 aliphatic rings. The Balaban J connectivity index is 2.44. The normalized spacial score (nSPS) is 11.9. The number of nitrogens with one attached hydrogen (secondary N) is 1. The summed E-state index contributed by atoms with van der Waals surface area (Å²) in [6.45, 7) is 5.61. The highest BCUT2D eigenvalue weighted by atomic mass is 19.1. The lowest BCUT2D eigenvalue weighted by Gasteiger charge is -2.25. The summed E-state index contributed by atoms with van der Waals surface area (Å²) >= 11 is 0. The molecular formula is C16H23FN2O3. The van der Waals surface area contributed by atoms with Gasteiger partial charge in [-0.25, -0.2) is 9.18 Å². The molecule has 2 amide bonds. The first kappa shape index (κ1) is 17.9. The lowest BCUT2D eigenvalue weighted by Crippen LogP contribution is -2.39. The Hall–Kier alpha value is -2.11. The number of esters is 1. The van der Waals surface area contributed by atoms with Gasteiger partial charge >= 0.3 is 12.0 Å². The van der Waals surface area contributed by atoms with Crippen LogP contribution in [0.15, 0.2) is 24.3 Å². The number of carbonyl (C=O) groups is 2. The summed E-state index contributed by atoms with van der Waals surface area (Å²) in [5.74, 6) is -0.656. The Bertz CT molecular complexity index is 503. The van der Waals surface area contributed by atoms with Crippen LogP contribution >= 0.6 is 0 Å². The summed E-state index contributed by atoms with van der Waals surface area (Å²) in [6.07, 6.45) is -0.0349. The topological polar surface area (TPSA) is 58.6 Å². The number of halogens is 1. The van der Waals surface area contributed by atoms with Gasteiger partial charge in [0.1, 0.15) is 5.82 Å². The summed E-state index contributed by atoms with van der Waals surface area (Å²) < 4.78 is 17.9. The van der Waals surface area contributed by atoms with Crippen molar-refractivity contribution >= 4 is 12.0 Å². The molecule has 1 aromatic carbocycles. The third kappa shape index (κ3) is 5.71. The van der Waals surface area contributed by atoms with E-state index in [4.69, 9.17) is 4.74 Å². The van der Waals surface area contributed by atoms with Gasteiger partial charge in [0.2, 0.25) is 0 Å². The predicted octanol–water partition coefficient (Wildman–Crippen LogP) is 2.87. The standard InChI is InChI=1S/C16H23FN2O3/c1-11(2)22-15(20)9-10-18-16(21)19(4)12(3)13-5-7-14(17)8-6-13/h5-8,11-12H,9-10H2,1-4H3,(H,18,21). The summed E-state index contributed by atoms with van der Waals surface area (Å²) in [5, 5.41) is 2.66. The second-order valence-corrected chi connectivity index (χ2v) is 5.36. The van der Waals surface area contributed by atoms with E-state index in [1.807, 2.05) is 6.92 Å². The van der Waals surface area contributed by atoms with Gasteiger partial charge in [0.25, 0.3) is 0 Å². The number of ether oxygens (including phenoxy) is 1. The van der Waals surface area contributed by atoms with E-state index in [1.165, 1.54) is 17.0 Å². The molecule has 0 heterocycles. The van der Waals surface area contributed by atoms with E-state index in [2.05, 4.69) is 5.32 Å². The zero-order chi connectivity index (χ0) is 16.7. The second-order valence-electron chi connectivity index (χ2n) is 5.36. The molecule has 0 bridgehead atoms. The first-order chi connectivity index (χ1) is 10.3. The number of nitrogens with zero attached hydrogens (tertiary/aromatic N) is 1. The Morgan fingerprint density at radius 1 is 1.23 bits per heavy atom. The molecule has 22 heavy (non-hydrogen) atoms. The number of amides is 2. The fourth-order valence-electron chi connectivity index (χ4n) is 1.86. The predicted molar refractivity (Wildman–Crippen MR) is 81.8 cm³/mol.